The summed E-state index contributed by atoms with van der Waals surface area (Å²) in [6.07, 6.45) is 0.884. The molecule has 0 saturated carbocycles. The summed E-state index contributed by atoms with van der Waals surface area (Å²) in [5, 5.41) is 7.70. The van der Waals surface area contributed by atoms with Crippen LogP contribution in [0.2, 0.25) is 0 Å². The number of guanidine groups is 1. The Kier molecular flexibility index (Phi) is 11.1. The van der Waals surface area contributed by atoms with Gasteiger partial charge in [-0.1, -0.05) is 0 Å². The minimum atomic E-state index is 0. The van der Waals surface area contributed by atoms with Crippen LogP contribution in [0.3, 0.4) is 0 Å². The van der Waals surface area contributed by atoms with Gasteiger partial charge >= 0.3 is 0 Å². The number of aryl methyl sites for hydroxylation is 2. The number of hydrogen-bond donors (Lipinski definition) is 2. The number of nitrogens with zero attached hydrogens (tertiary/aromatic N) is 2. The summed E-state index contributed by atoms with van der Waals surface area (Å²) in [7, 11) is 1.66. The molecule has 0 fully saturated rings. The topological polar surface area (TPSA) is 67.8 Å². The fourth-order valence-corrected chi connectivity index (χ4v) is 3.22. The van der Waals surface area contributed by atoms with Crippen LogP contribution in [0.25, 0.3) is 0 Å². The predicted molar refractivity (Wildman–Crippen MR) is 123 cm³/mol. The lowest BCUT2D eigenvalue weighted by Crippen LogP contribution is -2.38. The molecule has 0 bridgehead atoms. The van der Waals surface area contributed by atoms with Gasteiger partial charge in [0.1, 0.15) is 11.5 Å². The second-order valence-electron chi connectivity index (χ2n) is 5.74. The zero-order valence-corrected chi connectivity index (χ0v) is 19.5. The van der Waals surface area contributed by atoms with E-state index in [0.29, 0.717) is 13.2 Å². The number of aromatic nitrogens is 1. The van der Waals surface area contributed by atoms with E-state index in [1.807, 2.05) is 38.1 Å². The second kappa shape index (κ2) is 12.8. The lowest BCUT2D eigenvalue weighted by molar-refractivity contribution is 0.310. The van der Waals surface area contributed by atoms with Crippen LogP contribution in [-0.4, -0.2) is 37.7 Å². The number of thiazole rings is 1. The Hall–Kier alpha value is -1.55. The van der Waals surface area contributed by atoms with Crippen LogP contribution < -0.4 is 20.1 Å². The van der Waals surface area contributed by atoms with Crippen molar-refractivity contribution in [3.8, 4) is 11.5 Å². The summed E-state index contributed by atoms with van der Waals surface area (Å²) >= 11 is 1.70. The Morgan fingerprint density at radius 3 is 2.44 bits per heavy atom. The number of benzene rings is 1. The van der Waals surface area contributed by atoms with Gasteiger partial charge in [-0.25, -0.2) is 9.98 Å². The summed E-state index contributed by atoms with van der Waals surface area (Å²) in [6, 6.07) is 7.62. The average Bonchev–Trinajstić information content (AvgIpc) is 2.97. The Morgan fingerprint density at radius 2 is 1.85 bits per heavy atom. The van der Waals surface area contributed by atoms with Crippen molar-refractivity contribution in [1.29, 1.82) is 0 Å². The highest BCUT2D eigenvalue weighted by atomic mass is 127. The van der Waals surface area contributed by atoms with E-state index in [1.54, 1.807) is 18.4 Å². The molecule has 6 nitrogen and oxygen atoms in total. The van der Waals surface area contributed by atoms with Crippen LogP contribution in [0.15, 0.2) is 29.3 Å². The number of aliphatic imine (C=N–C) groups is 1. The number of methoxy groups -OCH3 is 1. The van der Waals surface area contributed by atoms with Crippen molar-refractivity contribution in [1.82, 2.24) is 15.6 Å². The van der Waals surface area contributed by atoms with Gasteiger partial charge in [0.15, 0.2) is 5.96 Å². The first-order valence-corrected chi connectivity index (χ1v) is 9.66. The largest absolute Gasteiger partial charge is 0.497 e. The summed E-state index contributed by atoms with van der Waals surface area (Å²) in [6.45, 7) is 9.03. The van der Waals surface area contributed by atoms with E-state index in [4.69, 9.17) is 9.47 Å². The lowest BCUT2D eigenvalue weighted by atomic mass is 10.3. The molecule has 0 radical (unpaired) electrons. The van der Waals surface area contributed by atoms with Crippen molar-refractivity contribution in [3.05, 3.63) is 39.8 Å². The van der Waals surface area contributed by atoms with E-state index in [9.17, 15) is 0 Å². The van der Waals surface area contributed by atoms with Crippen LogP contribution >= 0.6 is 35.3 Å². The van der Waals surface area contributed by atoms with Crippen molar-refractivity contribution in [2.45, 2.75) is 33.7 Å². The van der Waals surface area contributed by atoms with E-state index in [1.165, 1.54) is 4.88 Å². The van der Waals surface area contributed by atoms with Crippen molar-refractivity contribution in [3.63, 3.8) is 0 Å². The van der Waals surface area contributed by atoms with Gasteiger partial charge in [0, 0.05) is 18.0 Å². The molecule has 2 aromatic rings. The molecule has 0 aliphatic rings. The van der Waals surface area contributed by atoms with Gasteiger partial charge in [-0.15, -0.1) is 35.3 Å². The van der Waals surface area contributed by atoms with Crippen LogP contribution in [-0.2, 0) is 6.54 Å². The summed E-state index contributed by atoms with van der Waals surface area (Å²) in [4.78, 5) is 10.3. The molecule has 2 N–H and O–H groups in total. The Bertz CT molecular complexity index is 704. The lowest BCUT2D eigenvalue weighted by Gasteiger charge is -2.12. The van der Waals surface area contributed by atoms with Gasteiger partial charge in [0.05, 0.1) is 31.0 Å². The Balaban J connectivity index is 0.00000364. The molecule has 0 spiro atoms. The maximum Gasteiger partial charge on any atom is 0.191 e. The fraction of sp³-hybridized carbons (Fsp3) is 0.474. The van der Waals surface area contributed by atoms with Crippen LogP contribution in [0.1, 0.15) is 28.9 Å². The molecule has 0 atom stereocenters. The van der Waals surface area contributed by atoms with E-state index >= 15 is 0 Å². The molecule has 2 rings (SSSR count). The van der Waals surface area contributed by atoms with Crippen LogP contribution in [0, 0.1) is 13.8 Å². The number of nitrogens with one attached hydrogen (secondary N) is 2. The zero-order chi connectivity index (χ0) is 18.8. The molecule has 1 aromatic heterocycles. The number of halogens is 1. The smallest absolute Gasteiger partial charge is 0.191 e. The quantitative estimate of drug-likeness (QED) is 0.235. The van der Waals surface area contributed by atoms with Gasteiger partial charge in [0.2, 0.25) is 0 Å². The molecule has 1 heterocycles. The van der Waals surface area contributed by atoms with Crippen LogP contribution in [0.5, 0.6) is 11.5 Å². The Labute approximate surface area is 182 Å². The Morgan fingerprint density at radius 1 is 1.15 bits per heavy atom. The minimum absolute atomic E-state index is 0. The molecule has 0 unspecified atom stereocenters. The predicted octanol–water partition coefficient (Wildman–Crippen LogP) is 3.91. The molecule has 0 amide bonds. The molecule has 0 saturated heterocycles. The second-order valence-corrected chi connectivity index (χ2v) is 7.03. The van der Waals surface area contributed by atoms with Gasteiger partial charge in [-0.3, -0.25) is 0 Å². The van der Waals surface area contributed by atoms with Crippen molar-refractivity contribution in [2.75, 3.05) is 26.8 Å². The SMILES string of the molecule is CCNC(=NCc1sc(C)nc1C)NCCCOc1ccc(OC)cc1.I. The summed E-state index contributed by atoms with van der Waals surface area (Å²) in [5.74, 6) is 2.50. The van der Waals surface area contributed by atoms with E-state index in [-0.39, 0.29) is 24.0 Å². The minimum Gasteiger partial charge on any atom is -0.497 e. The third kappa shape index (κ3) is 8.34. The standard InChI is InChI=1S/C19H28N4O2S.HI/c1-5-20-19(22-13-18-14(2)23-15(3)26-18)21-11-6-12-25-17-9-7-16(24-4)8-10-17;/h7-10H,5-6,11-13H2,1-4H3,(H2,20,21,22);1H. The van der Waals surface area contributed by atoms with Crippen molar-refractivity contribution >= 4 is 41.3 Å². The monoisotopic (exact) mass is 504 g/mol. The summed E-state index contributed by atoms with van der Waals surface area (Å²) < 4.78 is 10.9. The highest BCUT2D eigenvalue weighted by molar-refractivity contribution is 14.0. The molecule has 0 aliphatic heterocycles. The first-order chi connectivity index (χ1) is 12.6. The van der Waals surface area contributed by atoms with E-state index < -0.39 is 0 Å². The van der Waals surface area contributed by atoms with Crippen molar-refractivity contribution < 1.29 is 9.47 Å². The number of ether oxygens (including phenoxy) is 2. The molecule has 1 aromatic carbocycles. The van der Waals surface area contributed by atoms with Gasteiger partial charge in [0.25, 0.3) is 0 Å². The third-order valence-corrected chi connectivity index (χ3v) is 4.72. The van der Waals surface area contributed by atoms with Gasteiger partial charge < -0.3 is 20.1 Å². The first-order valence-electron chi connectivity index (χ1n) is 8.84. The normalized spacial score (nSPS) is 10.9. The molecular formula is C19H29IN4O2S. The van der Waals surface area contributed by atoms with Crippen LogP contribution in [0.4, 0.5) is 0 Å². The number of hydrogen-bond acceptors (Lipinski definition) is 5. The highest BCUT2D eigenvalue weighted by Crippen LogP contribution is 2.18. The highest BCUT2D eigenvalue weighted by Gasteiger charge is 2.05. The van der Waals surface area contributed by atoms with E-state index in [2.05, 4.69) is 27.5 Å². The first kappa shape index (κ1) is 23.5. The molecule has 150 valence electrons. The number of rotatable bonds is 9. The summed E-state index contributed by atoms with van der Waals surface area (Å²) in [5.41, 5.74) is 1.07. The maximum atomic E-state index is 5.73. The van der Waals surface area contributed by atoms with Gasteiger partial charge in [-0.05, 0) is 51.5 Å². The van der Waals surface area contributed by atoms with E-state index in [0.717, 1.165) is 47.7 Å². The molecular weight excluding hydrogens is 475 g/mol. The molecule has 8 heteroatoms. The zero-order valence-electron chi connectivity index (χ0n) is 16.4. The van der Waals surface area contributed by atoms with Crippen molar-refractivity contribution in [2.24, 2.45) is 4.99 Å². The molecule has 27 heavy (non-hydrogen) atoms. The fourth-order valence-electron chi connectivity index (χ4n) is 2.35. The third-order valence-electron chi connectivity index (χ3n) is 3.67. The maximum absolute atomic E-state index is 5.73. The average molecular weight is 504 g/mol. The van der Waals surface area contributed by atoms with Gasteiger partial charge in [-0.2, -0.15) is 0 Å². The molecule has 0 aliphatic carbocycles.